The monoisotopic (exact) mass is 242 g/mol. The lowest BCUT2D eigenvalue weighted by atomic mass is 9.88. The Balaban J connectivity index is 1.54. The molecule has 0 aromatic heterocycles. The van der Waals surface area contributed by atoms with E-state index in [1.165, 1.54) is 26.1 Å². The molecule has 2 rings (SSSR count). The van der Waals surface area contributed by atoms with E-state index in [0.29, 0.717) is 13.1 Å². The Kier molecular flexibility index (Phi) is 4.42. The summed E-state index contributed by atoms with van der Waals surface area (Å²) < 4.78 is 12.7. The average Bonchev–Trinajstić information content (AvgIpc) is 2.11. The van der Waals surface area contributed by atoms with Crippen molar-refractivity contribution in [2.45, 2.75) is 33.4 Å². The fourth-order valence-electron chi connectivity index (χ4n) is 3.23. The third kappa shape index (κ3) is 3.92. The summed E-state index contributed by atoms with van der Waals surface area (Å²) in [4.78, 5) is 4.81. The molecule has 0 bridgehead atoms. The molecule has 2 heterocycles. The van der Waals surface area contributed by atoms with Crippen molar-refractivity contribution in [2.75, 3.05) is 39.3 Å². The number of hydrogen-bond donors (Lipinski definition) is 0. The van der Waals surface area contributed by atoms with Crippen molar-refractivity contribution in [3.05, 3.63) is 0 Å². The first-order valence-electron chi connectivity index (χ1n) is 7.11. The summed E-state index contributed by atoms with van der Waals surface area (Å²) in [6.45, 7) is 13.2. The van der Waals surface area contributed by atoms with Crippen LogP contribution < -0.4 is 0 Å². The SMILES string of the molecule is CC(C)CN1CC(CC(C)CN2CC(F)C2)C1. The summed E-state index contributed by atoms with van der Waals surface area (Å²) in [5, 5.41) is 0. The van der Waals surface area contributed by atoms with E-state index in [1.54, 1.807) is 0 Å². The van der Waals surface area contributed by atoms with Crippen LogP contribution in [0, 0.1) is 17.8 Å². The topological polar surface area (TPSA) is 6.48 Å². The van der Waals surface area contributed by atoms with Crippen molar-refractivity contribution in [3.8, 4) is 0 Å². The second-order valence-corrected chi connectivity index (χ2v) is 6.64. The Labute approximate surface area is 105 Å². The maximum Gasteiger partial charge on any atom is 0.125 e. The highest BCUT2D eigenvalue weighted by Gasteiger charge is 2.31. The smallest absolute Gasteiger partial charge is 0.125 e. The van der Waals surface area contributed by atoms with Crippen molar-refractivity contribution >= 4 is 0 Å². The normalized spacial score (nSPS) is 25.9. The summed E-state index contributed by atoms with van der Waals surface area (Å²) >= 11 is 0. The molecular weight excluding hydrogens is 215 g/mol. The minimum Gasteiger partial charge on any atom is -0.302 e. The molecule has 1 atom stereocenters. The van der Waals surface area contributed by atoms with Gasteiger partial charge in [-0.3, -0.25) is 4.90 Å². The van der Waals surface area contributed by atoms with E-state index in [1.807, 2.05) is 0 Å². The lowest BCUT2D eigenvalue weighted by Gasteiger charge is -2.43. The molecule has 0 aliphatic carbocycles. The molecule has 2 saturated heterocycles. The van der Waals surface area contributed by atoms with Gasteiger partial charge in [0.25, 0.3) is 0 Å². The maximum atomic E-state index is 12.7. The average molecular weight is 242 g/mol. The predicted molar refractivity (Wildman–Crippen MR) is 69.9 cm³/mol. The molecule has 1 unspecified atom stereocenters. The number of alkyl halides is 1. The summed E-state index contributed by atoms with van der Waals surface area (Å²) in [6, 6.07) is 0. The van der Waals surface area contributed by atoms with Gasteiger partial charge in [-0.15, -0.1) is 0 Å². The van der Waals surface area contributed by atoms with Crippen LogP contribution in [0.5, 0.6) is 0 Å². The molecule has 0 aromatic rings. The molecule has 3 heteroatoms. The molecule has 0 saturated carbocycles. The van der Waals surface area contributed by atoms with Gasteiger partial charge in [-0.05, 0) is 24.2 Å². The van der Waals surface area contributed by atoms with Crippen LogP contribution in [0.15, 0.2) is 0 Å². The van der Waals surface area contributed by atoms with E-state index in [9.17, 15) is 4.39 Å². The summed E-state index contributed by atoms with van der Waals surface area (Å²) in [5.74, 6) is 2.41. The summed E-state index contributed by atoms with van der Waals surface area (Å²) in [6.07, 6.45) is 0.773. The van der Waals surface area contributed by atoms with Crippen LogP contribution in [0.4, 0.5) is 4.39 Å². The van der Waals surface area contributed by atoms with Gasteiger partial charge in [-0.1, -0.05) is 20.8 Å². The molecule has 2 aliphatic heterocycles. The van der Waals surface area contributed by atoms with Gasteiger partial charge < -0.3 is 4.90 Å². The molecule has 100 valence electrons. The molecular formula is C14H27FN2. The fourth-order valence-corrected chi connectivity index (χ4v) is 3.23. The molecule has 0 aromatic carbocycles. The zero-order valence-electron chi connectivity index (χ0n) is 11.5. The first-order valence-corrected chi connectivity index (χ1v) is 7.11. The van der Waals surface area contributed by atoms with E-state index in [4.69, 9.17) is 0 Å². The molecule has 2 aliphatic rings. The van der Waals surface area contributed by atoms with Gasteiger partial charge in [0.15, 0.2) is 0 Å². The van der Waals surface area contributed by atoms with Gasteiger partial charge >= 0.3 is 0 Å². The summed E-state index contributed by atoms with van der Waals surface area (Å²) in [7, 11) is 0. The van der Waals surface area contributed by atoms with Gasteiger partial charge in [0, 0.05) is 39.3 Å². The van der Waals surface area contributed by atoms with Crippen molar-refractivity contribution in [3.63, 3.8) is 0 Å². The minimum atomic E-state index is -0.549. The zero-order chi connectivity index (χ0) is 12.4. The second-order valence-electron chi connectivity index (χ2n) is 6.64. The lowest BCUT2D eigenvalue weighted by molar-refractivity contribution is 0.0343. The van der Waals surface area contributed by atoms with Crippen LogP contribution in [0.3, 0.4) is 0 Å². The van der Waals surface area contributed by atoms with Crippen LogP contribution >= 0.6 is 0 Å². The van der Waals surface area contributed by atoms with Crippen molar-refractivity contribution in [1.82, 2.24) is 9.80 Å². The van der Waals surface area contributed by atoms with Crippen LogP contribution in [0.2, 0.25) is 0 Å². The number of rotatable bonds is 6. The van der Waals surface area contributed by atoms with E-state index >= 15 is 0 Å². The third-order valence-corrected chi connectivity index (χ3v) is 3.87. The van der Waals surface area contributed by atoms with Gasteiger partial charge in [-0.2, -0.15) is 0 Å². The van der Waals surface area contributed by atoms with Crippen LogP contribution in [-0.4, -0.2) is 55.2 Å². The Bertz CT molecular complexity index is 232. The van der Waals surface area contributed by atoms with E-state index < -0.39 is 6.17 Å². The Morgan fingerprint density at radius 3 is 2.12 bits per heavy atom. The highest BCUT2D eigenvalue weighted by atomic mass is 19.1. The standard InChI is InChI=1S/C14H27FN2/c1-11(2)5-16-7-13(8-16)4-12(3)6-17-9-14(15)10-17/h11-14H,4-10H2,1-3H3. The van der Waals surface area contributed by atoms with E-state index in [0.717, 1.165) is 24.3 Å². The van der Waals surface area contributed by atoms with Crippen molar-refractivity contribution in [2.24, 2.45) is 17.8 Å². The Morgan fingerprint density at radius 2 is 1.59 bits per heavy atom. The number of hydrogen-bond acceptors (Lipinski definition) is 2. The first kappa shape index (κ1) is 13.3. The second kappa shape index (κ2) is 5.66. The zero-order valence-corrected chi connectivity index (χ0v) is 11.5. The first-order chi connectivity index (χ1) is 8.02. The highest BCUT2D eigenvalue weighted by molar-refractivity contribution is 4.84. The number of halogens is 1. The van der Waals surface area contributed by atoms with Gasteiger partial charge in [0.05, 0.1) is 0 Å². The fraction of sp³-hybridized carbons (Fsp3) is 1.00. The van der Waals surface area contributed by atoms with Crippen LogP contribution in [0.1, 0.15) is 27.2 Å². The van der Waals surface area contributed by atoms with E-state index in [2.05, 4.69) is 30.6 Å². The van der Waals surface area contributed by atoms with Crippen molar-refractivity contribution < 1.29 is 4.39 Å². The van der Waals surface area contributed by atoms with Crippen molar-refractivity contribution in [1.29, 1.82) is 0 Å². The van der Waals surface area contributed by atoms with Crippen LogP contribution in [0.25, 0.3) is 0 Å². The molecule has 0 spiro atoms. The molecule has 0 N–H and O–H groups in total. The lowest BCUT2D eigenvalue weighted by Crippen LogP contribution is -2.51. The van der Waals surface area contributed by atoms with Gasteiger partial charge in [-0.25, -0.2) is 4.39 Å². The molecule has 0 radical (unpaired) electrons. The highest BCUT2D eigenvalue weighted by Crippen LogP contribution is 2.25. The van der Waals surface area contributed by atoms with Crippen LogP contribution in [-0.2, 0) is 0 Å². The Hall–Kier alpha value is -0.150. The quantitative estimate of drug-likeness (QED) is 0.705. The number of nitrogens with zero attached hydrogens (tertiary/aromatic N) is 2. The largest absolute Gasteiger partial charge is 0.302 e. The minimum absolute atomic E-state index is 0.549. The van der Waals surface area contributed by atoms with Gasteiger partial charge in [0.2, 0.25) is 0 Å². The molecule has 17 heavy (non-hydrogen) atoms. The molecule has 2 nitrogen and oxygen atoms in total. The van der Waals surface area contributed by atoms with E-state index in [-0.39, 0.29) is 0 Å². The molecule has 0 amide bonds. The predicted octanol–water partition coefficient (Wildman–Crippen LogP) is 2.25. The maximum absolute atomic E-state index is 12.7. The third-order valence-electron chi connectivity index (χ3n) is 3.87. The van der Waals surface area contributed by atoms with Gasteiger partial charge in [0.1, 0.15) is 6.17 Å². The summed E-state index contributed by atoms with van der Waals surface area (Å²) in [5.41, 5.74) is 0. The molecule has 2 fully saturated rings. The number of likely N-dealkylation sites (tertiary alicyclic amines) is 2. The Morgan fingerprint density at radius 1 is 1.00 bits per heavy atom.